The first-order valence-electron chi connectivity index (χ1n) is 4.17. The predicted molar refractivity (Wildman–Crippen MR) is 62.9 cm³/mol. The Balaban J connectivity index is 2.93. The van der Waals surface area contributed by atoms with Gasteiger partial charge in [-0.2, -0.15) is 0 Å². The van der Waals surface area contributed by atoms with E-state index in [-0.39, 0.29) is 0 Å². The van der Waals surface area contributed by atoms with Crippen molar-refractivity contribution in [2.75, 3.05) is 6.61 Å². The summed E-state index contributed by atoms with van der Waals surface area (Å²) in [4.78, 5) is 0. The van der Waals surface area contributed by atoms with E-state index < -0.39 is 0 Å². The van der Waals surface area contributed by atoms with Crippen LogP contribution in [0.5, 0.6) is 5.75 Å². The Kier molecular flexibility index (Phi) is 4.81. The summed E-state index contributed by atoms with van der Waals surface area (Å²) < 4.78 is 5.45. The third-order valence-electron chi connectivity index (χ3n) is 1.65. The summed E-state index contributed by atoms with van der Waals surface area (Å²) in [5.41, 5.74) is 2.50. The van der Waals surface area contributed by atoms with E-state index in [4.69, 9.17) is 4.74 Å². The van der Waals surface area contributed by atoms with Gasteiger partial charge in [0.2, 0.25) is 0 Å². The largest absolute Gasteiger partial charge is 0.494 e. The van der Waals surface area contributed by atoms with E-state index in [1.165, 1.54) is 11.1 Å². The van der Waals surface area contributed by atoms with Gasteiger partial charge < -0.3 is 4.74 Å². The molecular formula is C10H12Br2O. The maximum absolute atomic E-state index is 5.45. The number of rotatable bonds is 4. The van der Waals surface area contributed by atoms with E-state index in [1.807, 2.05) is 6.92 Å². The van der Waals surface area contributed by atoms with Crippen LogP contribution in [0.1, 0.15) is 18.1 Å². The average Bonchev–Trinajstić information content (AvgIpc) is 2.17. The van der Waals surface area contributed by atoms with E-state index in [0.717, 1.165) is 16.4 Å². The summed E-state index contributed by atoms with van der Waals surface area (Å²) >= 11 is 6.87. The number of hydrogen-bond acceptors (Lipinski definition) is 1. The Bertz CT molecular complexity index is 251. The maximum atomic E-state index is 5.45. The molecule has 0 saturated heterocycles. The Morgan fingerprint density at radius 2 is 1.62 bits per heavy atom. The van der Waals surface area contributed by atoms with Crippen molar-refractivity contribution in [3.05, 3.63) is 29.3 Å². The molecule has 1 rings (SSSR count). The molecule has 0 amide bonds. The second-order valence-electron chi connectivity index (χ2n) is 2.69. The zero-order chi connectivity index (χ0) is 9.68. The van der Waals surface area contributed by atoms with Gasteiger partial charge in [0.25, 0.3) is 0 Å². The van der Waals surface area contributed by atoms with E-state index in [1.54, 1.807) is 0 Å². The van der Waals surface area contributed by atoms with Crippen LogP contribution in [-0.2, 0) is 10.7 Å². The molecule has 0 aromatic heterocycles. The van der Waals surface area contributed by atoms with Crippen LogP contribution in [0, 0.1) is 0 Å². The van der Waals surface area contributed by atoms with E-state index in [9.17, 15) is 0 Å². The van der Waals surface area contributed by atoms with Crippen molar-refractivity contribution >= 4 is 31.9 Å². The van der Waals surface area contributed by atoms with Gasteiger partial charge in [-0.1, -0.05) is 37.9 Å². The Morgan fingerprint density at radius 3 is 2.00 bits per heavy atom. The van der Waals surface area contributed by atoms with Crippen molar-refractivity contribution in [2.45, 2.75) is 17.6 Å². The van der Waals surface area contributed by atoms with Crippen LogP contribution in [0.4, 0.5) is 0 Å². The molecule has 0 N–H and O–H groups in total. The zero-order valence-corrected chi connectivity index (χ0v) is 10.7. The fourth-order valence-electron chi connectivity index (χ4n) is 1.13. The zero-order valence-electron chi connectivity index (χ0n) is 7.52. The van der Waals surface area contributed by atoms with Crippen molar-refractivity contribution in [2.24, 2.45) is 0 Å². The van der Waals surface area contributed by atoms with Crippen LogP contribution >= 0.6 is 31.9 Å². The van der Waals surface area contributed by atoms with Crippen molar-refractivity contribution in [1.29, 1.82) is 0 Å². The van der Waals surface area contributed by atoms with Crippen LogP contribution in [0.2, 0.25) is 0 Å². The van der Waals surface area contributed by atoms with Crippen LogP contribution in [0.3, 0.4) is 0 Å². The number of alkyl halides is 2. The van der Waals surface area contributed by atoms with Gasteiger partial charge in [-0.05, 0) is 30.2 Å². The van der Waals surface area contributed by atoms with Crippen LogP contribution in [0.25, 0.3) is 0 Å². The smallest absolute Gasteiger partial charge is 0.119 e. The van der Waals surface area contributed by atoms with Crippen LogP contribution < -0.4 is 4.74 Å². The summed E-state index contributed by atoms with van der Waals surface area (Å²) in [6.07, 6.45) is 0. The van der Waals surface area contributed by atoms with E-state index in [0.29, 0.717) is 6.61 Å². The van der Waals surface area contributed by atoms with Gasteiger partial charge in [-0.3, -0.25) is 0 Å². The molecule has 0 atom stereocenters. The van der Waals surface area contributed by atoms with Gasteiger partial charge >= 0.3 is 0 Å². The fraction of sp³-hybridized carbons (Fsp3) is 0.400. The molecule has 72 valence electrons. The van der Waals surface area contributed by atoms with Crippen molar-refractivity contribution < 1.29 is 4.74 Å². The number of halogens is 2. The summed E-state index contributed by atoms with van der Waals surface area (Å²) in [7, 11) is 0. The normalized spacial score (nSPS) is 10.1. The summed E-state index contributed by atoms with van der Waals surface area (Å²) in [5, 5.41) is 1.74. The highest BCUT2D eigenvalue weighted by atomic mass is 79.9. The molecule has 1 aromatic rings. The highest BCUT2D eigenvalue weighted by Gasteiger charge is 1.99. The minimum absolute atomic E-state index is 0.716. The maximum Gasteiger partial charge on any atom is 0.119 e. The molecular weight excluding hydrogens is 296 g/mol. The van der Waals surface area contributed by atoms with Gasteiger partial charge in [0.05, 0.1) is 6.61 Å². The van der Waals surface area contributed by atoms with Crippen molar-refractivity contribution in [3.8, 4) is 5.75 Å². The van der Waals surface area contributed by atoms with Gasteiger partial charge in [0.1, 0.15) is 5.75 Å². The van der Waals surface area contributed by atoms with Gasteiger partial charge in [0.15, 0.2) is 0 Å². The summed E-state index contributed by atoms with van der Waals surface area (Å²) in [5.74, 6) is 0.953. The first-order valence-corrected chi connectivity index (χ1v) is 6.42. The second-order valence-corrected chi connectivity index (χ2v) is 3.81. The number of ether oxygens (including phenoxy) is 1. The molecule has 0 bridgehead atoms. The molecule has 0 aliphatic carbocycles. The predicted octanol–water partition coefficient (Wildman–Crippen LogP) is 3.88. The highest BCUT2D eigenvalue weighted by molar-refractivity contribution is 9.08. The highest BCUT2D eigenvalue weighted by Crippen LogP contribution is 2.20. The minimum atomic E-state index is 0.716. The van der Waals surface area contributed by atoms with Gasteiger partial charge in [-0.25, -0.2) is 0 Å². The van der Waals surface area contributed by atoms with Gasteiger partial charge in [-0.15, -0.1) is 0 Å². The minimum Gasteiger partial charge on any atom is -0.494 e. The molecule has 0 aliphatic heterocycles. The molecule has 0 fully saturated rings. The second kappa shape index (κ2) is 5.66. The average molecular weight is 308 g/mol. The molecule has 0 heterocycles. The van der Waals surface area contributed by atoms with E-state index >= 15 is 0 Å². The lowest BCUT2D eigenvalue weighted by molar-refractivity contribution is 0.340. The lowest BCUT2D eigenvalue weighted by atomic mass is 10.1. The first kappa shape index (κ1) is 11.1. The molecule has 1 aromatic carbocycles. The molecule has 1 nitrogen and oxygen atoms in total. The van der Waals surface area contributed by atoms with E-state index in [2.05, 4.69) is 50.1 Å². The Labute approximate surface area is 95.7 Å². The lowest BCUT2D eigenvalue weighted by Gasteiger charge is -2.07. The summed E-state index contributed by atoms with van der Waals surface area (Å²) in [6, 6.07) is 6.28. The van der Waals surface area contributed by atoms with Crippen molar-refractivity contribution in [3.63, 3.8) is 0 Å². The van der Waals surface area contributed by atoms with Crippen LogP contribution in [0.15, 0.2) is 18.2 Å². The topological polar surface area (TPSA) is 9.23 Å². The molecule has 0 unspecified atom stereocenters. The Hall–Kier alpha value is -0.0200. The quantitative estimate of drug-likeness (QED) is 0.767. The molecule has 13 heavy (non-hydrogen) atoms. The molecule has 0 aliphatic rings. The lowest BCUT2D eigenvalue weighted by Crippen LogP contribution is -1.93. The monoisotopic (exact) mass is 306 g/mol. The third-order valence-corrected chi connectivity index (χ3v) is 2.94. The first-order chi connectivity index (χ1) is 6.30. The van der Waals surface area contributed by atoms with Crippen LogP contribution in [-0.4, -0.2) is 6.61 Å². The van der Waals surface area contributed by atoms with Gasteiger partial charge in [0, 0.05) is 10.7 Å². The fourth-order valence-corrected chi connectivity index (χ4v) is 1.78. The number of hydrogen-bond donors (Lipinski definition) is 0. The molecule has 0 spiro atoms. The molecule has 3 heteroatoms. The molecule has 0 radical (unpaired) electrons. The third kappa shape index (κ3) is 3.31. The SMILES string of the molecule is CCOc1cc(CBr)cc(CBr)c1. The summed E-state index contributed by atoms with van der Waals surface area (Å²) in [6.45, 7) is 2.71. The number of benzene rings is 1. The Morgan fingerprint density at radius 1 is 1.08 bits per heavy atom. The standard InChI is InChI=1S/C10H12Br2O/c1-2-13-10-4-8(6-11)3-9(5-10)7-12/h3-5H,2,6-7H2,1H3. The molecule has 0 saturated carbocycles. The van der Waals surface area contributed by atoms with Crippen molar-refractivity contribution in [1.82, 2.24) is 0 Å².